The Morgan fingerprint density at radius 2 is 1.93 bits per heavy atom. The lowest BCUT2D eigenvalue weighted by Crippen LogP contribution is -2.25. The van der Waals surface area contributed by atoms with Crippen molar-refractivity contribution in [1.29, 1.82) is 0 Å². The molecule has 0 spiro atoms. The molecule has 1 aromatic carbocycles. The zero-order valence-corrected chi connectivity index (χ0v) is 16.4. The highest BCUT2D eigenvalue weighted by Gasteiger charge is 2.19. The van der Waals surface area contributed by atoms with E-state index in [2.05, 4.69) is 39.2 Å². The van der Waals surface area contributed by atoms with Crippen LogP contribution in [-0.2, 0) is 12.8 Å². The number of aryl methyl sites for hydroxylation is 1. The summed E-state index contributed by atoms with van der Waals surface area (Å²) < 4.78 is 0. The minimum Gasteiger partial charge on any atom is -0.384 e. The number of unbranched alkanes of at least 4 members (excludes halogenated alkanes) is 1. The van der Waals surface area contributed by atoms with Gasteiger partial charge in [-0.1, -0.05) is 18.2 Å². The quantitative estimate of drug-likeness (QED) is 0.268. The second kappa shape index (κ2) is 8.87. The number of amides is 1. The molecule has 1 amide bonds. The van der Waals surface area contributed by atoms with Crippen LogP contribution in [0.15, 0.2) is 42.6 Å². The molecule has 0 aliphatic heterocycles. The molecule has 29 heavy (non-hydrogen) atoms. The average molecular weight is 390 g/mol. The fraction of sp³-hybridized carbons (Fsp3) is 0.318. The molecular weight excluding hydrogens is 364 g/mol. The third kappa shape index (κ3) is 4.30. The molecule has 2 heterocycles. The SMILES string of the molecule is NNc1ccc(C(=O)NCCCCNc2c3c(nc4ccccc24)CCC3)cn1. The largest absolute Gasteiger partial charge is 0.384 e. The number of rotatable bonds is 8. The van der Waals surface area contributed by atoms with Gasteiger partial charge in [-0.2, -0.15) is 0 Å². The van der Waals surface area contributed by atoms with Crippen LogP contribution in [0.2, 0.25) is 0 Å². The van der Waals surface area contributed by atoms with Gasteiger partial charge in [0.1, 0.15) is 5.82 Å². The van der Waals surface area contributed by atoms with E-state index in [1.807, 2.05) is 6.07 Å². The Morgan fingerprint density at radius 1 is 1.07 bits per heavy atom. The molecule has 7 nitrogen and oxygen atoms in total. The normalized spacial score (nSPS) is 12.6. The summed E-state index contributed by atoms with van der Waals surface area (Å²) in [5.74, 6) is 5.69. The van der Waals surface area contributed by atoms with Gasteiger partial charge in [-0.3, -0.25) is 9.78 Å². The number of aromatic nitrogens is 2. The number of nitrogen functional groups attached to an aromatic ring is 1. The van der Waals surface area contributed by atoms with Crippen LogP contribution >= 0.6 is 0 Å². The molecule has 0 saturated carbocycles. The molecule has 1 aliphatic rings. The Kier molecular flexibility index (Phi) is 5.86. The van der Waals surface area contributed by atoms with Gasteiger partial charge in [0.25, 0.3) is 5.91 Å². The Hall–Kier alpha value is -3.19. The first kappa shape index (κ1) is 19.1. The maximum Gasteiger partial charge on any atom is 0.252 e. The van der Waals surface area contributed by atoms with Gasteiger partial charge >= 0.3 is 0 Å². The smallest absolute Gasteiger partial charge is 0.252 e. The average Bonchev–Trinajstić information content (AvgIpc) is 3.23. The van der Waals surface area contributed by atoms with Crippen LogP contribution in [0.5, 0.6) is 0 Å². The van der Waals surface area contributed by atoms with Crippen LogP contribution in [-0.4, -0.2) is 29.0 Å². The molecule has 1 aliphatic carbocycles. The maximum absolute atomic E-state index is 12.1. The number of nitrogens with two attached hydrogens (primary N) is 1. The first-order chi connectivity index (χ1) is 14.3. The van der Waals surface area contributed by atoms with Gasteiger partial charge in [-0.25, -0.2) is 10.8 Å². The summed E-state index contributed by atoms with van der Waals surface area (Å²) in [6.45, 7) is 1.50. The van der Waals surface area contributed by atoms with Gasteiger partial charge < -0.3 is 16.1 Å². The van der Waals surface area contributed by atoms with Crippen LogP contribution < -0.4 is 21.9 Å². The predicted molar refractivity (Wildman–Crippen MR) is 116 cm³/mol. The molecule has 0 radical (unpaired) electrons. The van der Waals surface area contributed by atoms with Crippen LogP contribution in [0.25, 0.3) is 10.9 Å². The summed E-state index contributed by atoms with van der Waals surface area (Å²) >= 11 is 0. The van der Waals surface area contributed by atoms with Gasteiger partial charge in [0, 0.05) is 36.1 Å². The lowest BCUT2D eigenvalue weighted by Gasteiger charge is -2.14. The van der Waals surface area contributed by atoms with Gasteiger partial charge in [-0.05, 0) is 55.9 Å². The molecule has 0 bridgehead atoms. The molecule has 0 unspecified atom stereocenters. The third-order valence-electron chi connectivity index (χ3n) is 5.28. The summed E-state index contributed by atoms with van der Waals surface area (Å²) in [5, 5.41) is 7.78. The summed E-state index contributed by atoms with van der Waals surface area (Å²) in [6, 6.07) is 11.7. The third-order valence-corrected chi connectivity index (χ3v) is 5.28. The van der Waals surface area contributed by atoms with E-state index in [0.717, 1.165) is 37.7 Å². The topological polar surface area (TPSA) is 105 Å². The predicted octanol–water partition coefficient (Wildman–Crippen LogP) is 3.03. The number of hydrogen-bond donors (Lipinski definition) is 4. The van der Waals surface area contributed by atoms with E-state index in [0.29, 0.717) is 17.9 Å². The second-order valence-corrected chi connectivity index (χ2v) is 7.25. The molecule has 2 aromatic heterocycles. The van der Waals surface area contributed by atoms with Crippen molar-refractivity contribution >= 4 is 28.3 Å². The summed E-state index contributed by atoms with van der Waals surface area (Å²) in [6.07, 6.45) is 6.73. The second-order valence-electron chi connectivity index (χ2n) is 7.25. The van der Waals surface area contributed by atoms with E-state index in [-0.39, 0.29) is 5.91 Å². The van der Waals surface area contributed by atoms with E-state index in [4.69, 9.17) is 10.8 Å². The molecule has 5 N–H and O–H groups in total. The van der Waals surface area contributed by atoms with E-state index < -0.39 is 0 Å². The zero-order chi connectivity index (χ0) is 20.1. The van der Waals surface area contributed by atoms with Crippen LogP contribution in [0.1, 0.15) is 40.9 Å². The fourth-order valence-corrected chi connectivity index (χ4v) is 3.79. The van der Waals surface area contributed by atoms with Gasteiger partial charge in [0.15, 0.2) is 0 Å². The number of fused-ring (bicyclic) bond motifs is 2. The van der Waals surface area contributed by atoms with Crippen molar-refractivity contribution in [2.45, 2.75) is 32.1 Å². The van der Waals surface area contributed by atoms with Crippen molar-refractivity contribution in [3.8, 4) is 0 Å². The molecule has 0 saturated heterocycles. The van der Waals surface area contributed by atoms with Crippen molar-refractivity contribution in [1.82, 2.24) is 15.3 Å². The number of hydrogen-bond acceptors (Lipinski definition) is 6. The van der Waals surface area contributed by atoms with Crippen molar-refractivity contribution in [3.63, 3.8) is 0 Å². The van der Waals surface area contributed by atoms with E-state index >= 15 is 0 Å². The number of nitrogens with zero attached hydrogens (tertiary/aromatic N) is 2. The molecule has 4 rings (SSSR count). The Bertz CT molecular complexity index is 1000. The minimum absolute atomic E-state index is 0.119. The summed E-state index contributed by atoms with van der Waals surface area (Å²) in [7, 11) is 0. The number of hydrazine groups is 1. The molecule has 150 valence electrons. The van der Waals surface area contributed by atoms with Crippen LogP contribution in [0.4, 0.5) is 11.5 Å². The van der Waals surface area contributed by atoms with Gasteiger partial charge in [0.05, 0.1) is 11.1 Å². The number of carbonyl (C=O) groups excluding carboxylic acids is 1. The first-order valence-electron chi connectivity index (χ1n) is 10.1. The van der Waals surface area contributed by atoms with Crippen LogP contribution in [0, 0.1) is 0 Å². The highest BCUT2D eigenvalue weighted by Crippen LogP contribution is 2.33. The monoisotopic (exact) mass is 390 g/mol. The number of carbonyl (C=O) groups is 1. The molecule has 0 atom stereocenters. The van der Waals surface area contributed by atoms with Gasteiger partial charge in [-0.15, -0.1) is 0 Å². The Morgan fingerprint density at radius 3 is 2.76 bits per heavy atom. The molecular formula is C22H26N6O. The highest BCUT2D eigenvalue weighted by atomic mass is 16.1. The lowest BCUT2D eigenvalue weighted by atomic mass is 10.1. The van der Waals surface area contributed by atoms with Gasteiger partial charge in [0.2, 0.25) is 0 Å². The number of anilines is 2. The molecule has 3 aromatic rings. The Labute approximate surface area is 170 Å². The van der Waals surface area contributed by atoms with Crippen LogP contribution in [0.3, 0.4) is 0 Å². The number of benzene rings is 1. The van der Waals surface area contributed by atoms with Crippen molar-refractivity contribution in [2.24, 2.45) is 5.84 Å². The first-order valence-corrected chi connectivity index (χ1v) is 10.1. The minimum atomic E-state index is -0.119. The number of para-hydroxylation sites is 1. The van der Waals surface area contributed by atoms with E-state index in [1.165, 1.54) is 34.9 Å². The lowest BCUT2D eigenvalue weighted by molar-refractivity contribution is 0.0953. The summed E-state index contributed by atoms with van der Waals surface area (Å²) in [5.41, 5.74) is 7.89. The number of nitrogens with one attached hydrogen (secondary N) is 3. The highest BCUT2D eigenvalue weighted by molar-refractivity contribution is 5.94. The standard InChI is InChI=1S/C22H26N6O/c23-28-20-11-10-15(14-26-20)22(29)25-13-4-3-12-24-21-16-6-1-2-8-18(16)27-19-9-5-7-17(19)21/h1-2,6,8,10-11,14H,3-5,7,9,12-13,23H2,(H,24,27)(H,25,29)(H,26,28). The fourth-order valence-electron chi connectivity index (χ4n) is 3.79. The number of pyridine rings is 2. The van der Waals surface area contributed by atoms with Crippen molar-refractivity contribution < 1.29 is 4.79 Å². The van der Waals surface area contributed by atoms with E-state index in [1.54, 1.807) is 12.1 Å². The van der Waals surface area contributed by atoms with Crippen molar-refractivity contribution in [2.75, 3.05) is 23.8 Å². The molecule has 0 fully saturated rings. The zero-order valence-electron chi connectivity index (χ0n) is 16.4. The van der Waals surface area contributed by atoms with Crippen molar-refractivity contribution in [3.05, 3.63) is 59.4 Å². The maximum atomic E-state index is 12.1. The summed E-state index contributed by atoms with van der Waals surface area (Å²) in [4.78, 5) is 21.0. The Balaban J connectivity index is 1.27. The van der Waals surface area contributed by atoms with E-state index in [9.17, 15) is 4.79 Å². The molecule has 7 heteroatoms.